The lowest BCUT2D eigenvalue weighted by Gasteiger charge is -2.30. The molecule has 7 heteroatoms. The van der Waals surface area contributed by atoms with Crippen LogP contribution in [0, 0.1) is 11.6 Å². The van der Waals surface area contributed by atoms with Gasteiger partial charge < -0.3 is 10.0 Å². The third-order valence-corrected chi connectivity index (χ3v) is 4.21. The minimum absolute atomic E-state index is 0.120. The van der Waals surface area contributed by atoms with Crippen molar-refractivity contribution in [2.75, 3.05) is 11.4 Å². The number of halogens is 2. The quantitative estimate of drug-likeness (QED) is 0.777. The predicted octanol–water partition coefficient (Wildman–Crippen LogP) is 3.09. The fourth-order valence-electron chi connectivity index (χ4n) is 2.91. The molecule has 1 aromatic carbocycles. The summed E-state index contributed by atoms with van der Waals surface area (Å²) >= 11 is 0. The van der Waals surface area contributed by atoms with E-state index < -0.39 is 17.4 Å². The number of phenols is 1. The highest BCUT2D eigenvalue weighted by molar-refractivity contribution is 5.54. The van der Waals surface area contributed by atoms with Crippen LogP contribution in [-0.2, 0) is 13.0 Å². The molecule has 25 heavy (non-hydrogen) atoms. The molecule has 0 amide bonds. The van der Waals surface area contributed by atoms with E-state index in [1.165, 1.54) is 6.07 Å². The molecule has 0 saturated heterocycles. The van der Waals surface area contributed by atoms with Gasteiger partial charge in [-0.2, -0.15) is 4.39 Å². The first-order valence-corrected chi connectivity index (χ1v) is 7.81. The molecule has 126 valence electrons. The van der Waals surface area contributed by atoms with Crippen LogP contribution in [0.3, 0.4) is 0 Å². The van der Waals surface area contributed by atoms with Crippen LogP contribution in [0.15, 0.2) is 42.7 Å². The number of pyridine rings is 1. The van der Waals surface area contributed by atoms with Crippen molar-refractivity contribution in [1.82, 2.24) is 15.0 Å². The molecule has 0 saturated carbocycles. The molecule has 5 nitrogen and oxygen atoms in total. The molecule has 2 aromatic heterocycles. The Kier molecular flexibility index (Phi) is 3.76. The zero-order chi connectivity index (χ0) is 17.4. The molecule has 3 aromatic rings. The van der Waals surface area contributed by atoms with Crippen molar-refractivity contribution in [1.29, 1.82) is 0 Å². The predicted molar refractivity (Wildman–Crippen MR) is 88.0 cm³/mol. The van der Waals surface area contributed by atoms with Crippen molar-refractivity contribution in [3.05, 3.63) is 65.6 Å². The van der Waals surface area contributed by atoms with E-state index in [4.69, 9.17) is 0 Å². The largest absolute Gasteiger partial charge is 0.505 e. The van der Waals surface area contributed by atoms with Crippen molar-refractivity contribution < 1.29 is 13.9 Å². The van der Waals surface area contributed by atoms with Crippen LogP contribution in [0.1, 0.15) is 11.3 Å². The average Bonchev–Trinajstić information content (AvgIpc) is 2.66. The average molecular weight is 340 g/mol. The molecule has 0 unspecified atom stereocenters. The molecule has 1 aliphatic rings. The van der Waals surface area contributed by atoms with Gasteiger partial charge in [0.2, 0.25) is 5.82 Å². The normalized spacial score (nSPS) is 13.6. The van der Waals surface area contributed by atoms with Gasteiger partial charge in [-0.3, -0.25) is 4.98 Å². The van der Waals surface area contributed by atoms with Crippen molar-refractivity contribution in [2.24, 2.45) is 0 Å². The van der Waals surface area contributed by atoms with Crippen LogP contribution in [0.4, 0.5) is 14.5 Å². The van der Waals surface area contributed by atoms with E-state index in [1.807, 2.05) is 18.2 Å². The second-order valence-corrected chi connectivity index (χ2v) is 5.78. The lowest BCUT2D eigenvalue weighted by molar-refractivity contribution is 0.406. The van der Waals surface area contributed by atoms with E-state index in [2.05, 4.69) is 15.0 Å². The number of fused-ring (bicyclic) bond motifs is 1. The first-order chi connectivity index (χ1) is 12.1. The lowest BCUT2D eigenvalue weighted by Crippen LogP contribution is -2.32. The van der Waals surface area contributed by atoms with E-state index in [0.29, 0.717) is 31.0 Å². The fraction of sp³-hybridized carbons (Fsp3) is 0.167. The molecule has 3 heterocycles. The first-order valence-electron chi connectivity index (χ1n) is 7.81. The number of phenolic OH excluding ortho intramolecular Hbond substituents is 1. The molecule has 0 fully saturated rings. The molecule has 1 aliphatic heterocycles. The molecule has 0 aliphatic carbocycles. The Morgan fingerprint density at radius 3 is 2.72 bits per heavy atom. The van der Waals surface area contributed by atoms with Crippen molar-refractivity contribution in [3.63, 3.8) is 0 Å². The smallest absolute Gasteiger partial charge is 0.202 e. The molecule has 0 spiro atoms. The van der Waals surface area contributed by atoms with Crippen LogP contribution in [0.5, 0.6) is 5.75 Å². The SMILES string of the molecule is Oc1ccc(N2CCc3nc(-c4ccccn4)ncc3C2)c(F)c1F. The molecule has 1 N–H and O–H groups in total. The van der Waals surface area contributed by atoms with E-state index in [9.17, 15) is 13.9 Å². The van der Waals surface area contributed by atoms with Crippen molar-refractivity contribution in [2.45, 2.75) is 13.0 Å². The summed E-state index contributed by atoms with van der Waals surface area (Å²) in [6.45, 7) is 0.867. The van der Waals surface area contributed by atoms with Gasteiger partial charge in [-0.1, -0.05) is 6.07 Å². The maximum absolute atomic E-state index is 14.1. The molecule has 0 radical (unpaired) electrons. The Morgan fingerprint density at radius 2 is 1.92 bits per heavy atom. The Labute approximate surface area is 142 Å². The summed E-state index contributed by atoms with van der Waals surface area (Å²) in [5.74, 6) is -2.42. The summed E-state index contributed by atoms with van der Waals surface area (Å²) in [6.07, 6.45) is 3.97. The Morgan fingerprint density at radius 1 is 1.04 bits per heavy atom. The Bertz CT molecular complexity index is 934. The van der Waals surface area contributed by atoms with Gasteiger partial charge in [0.25, 0.3) is 0 Å². The fourth-order valence-corrected chi connectivity index (χ4v) is 2.91. The summed E-state index contributed by atoms with van der Waals surface area (Å²) in [6, 6.07) is 8.07. The summed E-state index contributed by atoms with van der Waals surface area (Å²) in [5.41, 5.74) is 2.56. The minimum atomic E-state index is -1.23. The molecular weight excluding hydrogens is 326 g/mol. The summed E-state index contributed by atoms with van der Waals surface area (Å²) in [7, 11) is 0. The van der Waals surface area contributed by atoms with Gasteiger partial charge in [0.05, 0.1) is 11.4 Å². The van der Waals surface area contributed by atoms with E-state index in [0.717, 1.165) is 17.3 Å². The standard InChI is InChI=1S/C18H14F2N4O/c19-16-14(4-5-15(25)17(16)20)24-8-6-12-11(10-24)9-22-18(23-12)13-3-1-2-7-21-13/h1-5,7,9,25H,6,8,10H2. The summed E-state index contributed by atoms with van der Waals surface area (Å²) < 4.78 is 27.7. The number of aromatic nitrogens is 3. The number of rotatable bonds is 2. The number of hydrogen-bond donors (Lipinski definition) is 1. The van der Waals surface area contributed by atoms with Gasteiger partial charge in [-0.15, -0.1) is 0 Å². The topological polar surface area (TPSA) is 62.1 Å². The zero-order valence-corrected chi connectivity index (χ0v) is 13.2. The van der Waals surface area contributed by atoms with Gasteiger partial charge >= 0.3 is 0 Å². The van der Waals surface area contributed by atoms with Gasteiger partial charge in [0.15, 0.2) is 17.4 Å². The Hall–Kier alpha value is -3.09. The third kappa shape index (κ3) is 2.77. The monoisotopic (exact) mass is 340 g/mol. The van der Waals surface area contributed by atoms with Crippen molar-refractivity contribution >= 4 is 5.69 Å². The van der Waals surface area contributed by atoms with Crippen LogP contribution in [0.2, 0.25) is 0 Å². The highest BCUT2D eigenvalue weighted by atomic mass is 19.2. The maximum atomic E-state index is 14.1. The first kappa shape index (κ1) is 15.4. The van der Waals surface area contributed by atoms with Gasteiger partial charge in [0.1, 0.15) is 5.69 Å². The molecule has 4 rings (SSSR count). The van der Waals surface area contributed by atoms with Gasteiger partial charge in [0, 0.05) is 37.5 Å². The Balaban J connectivity index is 1.63. The number of anilines is 1. The zero-order valence-electron chi connectivity index (χ0n) is 13.2. The number of nitrogens with zero attached hydrogens (tertiary/aromatic N) is 4. The van der Waals surface area contributed by atoms with E-state index in [1.54, 1.807) is 17.3 Å². The second kappa shape index (κ2) is 6.08. The molecular formula is C18H14F2N4O. The van der Waals surface area contributed by atoms with Gasteiger partial charge in [-0.05, 0) is 24.3 Å². The van der Waals surface area contributed by atoms with E-state index >= 15 is 0 Å². The number of hydrogen-bond acceptors (Lipinski definition) is 5. The lowest BCUT2D eigenvalue weighted by atomic mass is 10.1. The summed E-state index contributed by atoms with van der Waals surface area (Å²) in [5, 5.41) is 9.26. The third-order valence-electron chi connectivity index (χ3n) is 4.21. The van der Waals surface area contributed by atoms with Crippen LogP contribution in [-0.4, -0.2) is 26.6 Å². The van der Waals surface area contributed by atoms with Crippen molar-refractivity contribution in [3.8, 4) is 17.3 Å². The maximum Gasteiger partial charge on any atom is 0.202 e. The highest BCUT2D eigenvalue weighted by Gasteiger charge is 2.23. The van der Waals surface area contributed by atoms with Crippen LogP contribution in [0.25, 0.3) is 11.5 Å². The second-order valence-electron chi connectivity index (χ2n) is 5.78. The van der Waals surface area contributed by atoms with Crippen LogP contribution >= 0.6 is 0 Å². The molecule has 0 bridgehead atoms. The summed E-state index contributed by atoms with van der Waals surface area (Å²) in [4.78, 5) is 14.8. The number of benzene rings is 1. The number of aromatic hydroxyl groups is 1. The van der Waals surface area contributed by atoms with E-state index in [-0.39, 0.29) is 5.69 Å². The highest BCUT2D eigenvalue weighted by Crippen LogP contribution is 2.31. The molecule has 0 atom stereocenters. The van der Waals surface area contributed by atoms with Gasteiger partial charge in [-0.25, -0.2) is 14.4 Å². The van der Waals surface area contributed by atoms with Crippen LogP contribution < -0.4 is 4.90 Å². The minimum Gasteiger partial charge on any atom is -0.505 e.